The summed E-state index contributed by atoms with van der Waals surface area (Å²) < 4.78 is 45.8. The second-order valence-corrected chi connectivity index (χ2v) is 7.72. The average molecular weight is 456 g/mol. The van der Waals surface area contributed by atoms with E-state index in [0.29, 0.717) is 24.5 Å². The second kappa shape index (κ2) is 7.91. The number of amides is 2. The Bertz CT molecular complexity index is 1220. The monoisotopic (exact) mass is 456 g/mol. The van der Waals surface area contributed by atoms with E-state index in [-0.39, 0.29) is 29.0 Å². The zero-order valence-electron chi connectivity index (χ0n) is 17.5. The van der Waals surface area contributed by atoms with Gasteiger partial charge < -0.3 is 9.64 Å². The van der Waals surface area contributed by atoms with Crippen LogP contribution in [0, 0.1) is 0 Å². The van der Waals surface area contributed by atoms with Crippen LogP contribution >= 0.6 is 0 Å². The van der Waals surface area contributed by atoms with Crippen molar-refractivity contribution in [1.29, 1.82) is 0 Å². The lowest BCUT2D eigenvalue weighted by molar-refractivity contribution is -0.137. The van der Waals surface area contributed by atoms with E-state index in [1.54, 1.807) is 12.1 Å². The summed E-state index contributed by atoms with van der Waals surface area (Å²) in [6, 6.07) is 9.40. The summed E-state index contributed by atoms with van der Waals surface area (Å²) in [5.41, 5.74) is 0.0281. The molecule has 1 atom stereocenters. The zero-order valence-corrected chi connectivity index (χ0v) is 17.5. The number of hydrogen-bond acceptors (Lipinski definition) is 6. The number of benzene rings is 1. The number of nitrogens with zero attached hydrogens (tertiary/aromatic N) is 5. The number of ether oxygens (including phenoxy) is 1. The molecule has 2 amide bonds. The molecule has 0 unspecified atom stereocenters. The number of methoxy groups -OCH3 is 1. The van der Waals surface area contributed by atoms with Gasteiger partial charge in [0.15, 0.2) is 5.82 Å². The van der Waals surface area contributed by atoms with E-state index >= 15 is 0 Å². The number of anilines is 3. The maximum Gasteiger partial charge on any atom is 0.417 e. The van der Waals surface area contributed by atoms with E-state index in [9.17, 15) is 18.0 Å². The molecule has 0 saturated carbocycles. The Morgan fingerprint density at radius 3 is 2.79 bits per heavy atom. The number of rotatable bonds is 3. The largest absolute Gasteiger partial charge is 0.481 e. The maximum absolute atomic E-state index is 13.6. The molecule has 0 radical (unpaired) electrons. The quantitative estimate of drug-likeness (QED) is 0.636. The van der Waals surface area contributed by atoms with Gasteiger partial charge in [-0.1, -0.05) is 18.2 Å². The lowest BCUT2D eigenvalue weighted by Gasteiger charge is -2.35. The summed E-state index contributed by atoms with van der Waals surface area (Å²) >= 11 is 0. The highest BCUT2D eigenvalue weighted by Gasteiger charge is 2.41. The summed E-state index contributed by atoms with van der Waals surface area (Å²) in [5, 5.41) is 2.72. The third-order valence-electron chi connectivity index (χ3n) is 5.77. The molecule has 5 rings (SSSR count). The second-order valence-electron chi connectivity index (χ2n) is 7.72. The number of hydrogen-bond donors (Lipinski definition) is 1. The van der Waals surface area contributed by atoms with Gasteiger partial charge in [-0.15, -0.1) is 0 Å². The lowest BCUT2D eigenvalue weighted by Crippen LogP contribution is -2.48. The number of carbonyl (C=O) groups excluding carboxylic acids is 1. The topological polar surface area (TPSA) is 83.5 Å². The SMILES string of the molecule is COc1cc(NC(=O)N2c3nc(-c4ccccc4C(F)(F)F)ccc3N3CC[C@H]2C3)ncn1. The van der Waals surface area contributed by atoms with Gasteiger partial charge >= 0.3 is 12.2 Å². The van der Waals surface area contributed by atoms with Crippen LogP contribution < -0.4 is 19.9 Å². The molecule has 1 aromatic carbocycles. The van der Waals surface area contributed by atoms with E-state index in [4.69, 9.17) is 4.74 Å². The van der Waals surface area contributed by atoms with Gasteiger partial charge in [0.25, 0.3) is 0 Å². The molecule has 2 aliphatic rings. The highest BCUT2D eigenvalue weighted by atomic mass is 19.4. The van der Waals surface area contributed by atoms with Crippen molar-refractivity contribution >= 4 is 23.4 Å². The van der Waals surface area contributed by atoms with Crippen molar-refractivity contribution in [3.63, 3.8) is 0 Å². The first-order valence-corrected chi connectivity index (χ1v) is 10.2. The number of alkyl halides is 3. The molecule has 3 aromatic rings. The fourth-order valence-corrected chi connectivity index (χ4v) is 4.26. The molecular weight excluding hydrogens is 437 g/mol. The first-order valence-electron chi connectivity index (χ1n) is 10.2. The van der Waals surface area contributed by atoms with Crippen LogP contribution in [0.5, 0.6) is 5.88 Å². The molecule has 33 heavy (non-hydrogen) atoms. The van der Waals surface area contributed by atoms with Crippen molar-refractivity contribution in [3.05, 3.63) is 54.4 Å². The molecule has 4 heterocycles. The first kappa shape index (κ1) is 21.0. The number of carbonyl (C=O) groups is 1. The minimum atomic E-state index is -4.53. The number of nitrogens with one attached hydrogen (secondary N) is 1. The van der Waals surface area contributed by atoms with Gasteiger partial charge in [0, 0.05) is 24.7 Å². The van der Waals surface area contributed by atoms with Crippen LogP contribution in [0.25, 0.3) is 11.3 Å². The van der Waals surface area contributed by atoms with Crippen molar-refractivity contribution in [3.8, 4) is 17.1 Å². The standard InChI is InChI=1S/C22H19F3N6O2/c1-33-19-10-18(26-12-27-19)29-21(32)31-13-8-9-30(11-13)17-7-6-16(28-20(17)31)14-4-2-3-5-15(14)22(23,24)25/h2-7,10,12-13H,8-9,11H2,1H3,(H,26,27,29,32)/t13-/m0/s1. The fourth-order valence-electron chi connectivity index (χ4n) is 4.26. The summed E-state index contributed by atoms with van der Waals surface area (Å²) in [7, 11) is 1.45. The van der Waals surface area contributed by atoms with Crippen LogP contribution in [0.2, 0.25) is 0 Å². The van der Waals surface area contributed by atoms with Crippen LogP contribution in [-0.2, 0) is 6.18 Å². The number of aromatic nitrogens is 3. The maximum atomic E-state index is 13.6. The lowest BCUT2D eigenvalue weighted by atomic mass is 10.0. The van der Waals surface area contributed by atoms with Crippen LogP contribution in [0.3, 0.4) is 0 Å². The molecule has 1 fully saturated rings. The molecule has 11 heteroatoms. The van der Waals surface area contributed by atoms with E-state index in [1.807, 2.05) is 0 Å². The average Bonchev–Trinajstić information content (AvgIpc) is 3.22. The van der Waals surface area contributed by atoms with E-state index < -0.39 is 17.8 Å². The molecule has 1 saturated heterocycles. The Kier molecular flexibility index (Phi) is 5.03. The van der Waals surface area contributed by atoms with E-state index in [0.717, 1.165) is 12.6 Å². The van der Waals surface area contributed by atoms with Gasteiger partial charge in [0.1, 0.15) is 12.1 Å². The number of fused-ring (bicyclic) bond motifs is 4. The fraction of sp³-hybridized carbons (Fsp3) is 0.273. The van der Waals surface area contributed by atoms with Crippen LogP contribution in [-0.4, -0.2) is 47.2 Å². The van der Waals surface area contributed by atoms with Gasteiger partial charge in [0.2, 0.25) is 5.88 Å². The molecule has 170 valence electrons. The van der Waals surface area contributed by atoms with Crippen molar-refractivity contribution in [2.45, 2.75) is 18.6 Å². The molecular formula is C22H19F3N6O2. The summed E-state index contributed by atoms with van der Waals surface area (Å²) in [6.07, 6.45) is -2.55. The van der Waals surface area contributed by atoms with Gasteiger partial charge in [-0.3, -0.25) is 10.2 Å². The summed E-state index contributed by atoms with van der Waals surface area (Å²) in [4.78, 5) is 29.4. The minimum absolute atomic E-state index is 0.0402. The van der Waals surface area contributed by atoms with Crippen LogP contribution in [0.15, 0.2) is 48.8 Å². The van der Waals surface area contributed by atoms with Gasteiger partial charge in [-0.25, -0.2) is 19.7 Å². The number of urea groups is 1. The highest BCUT2D eigenvalue weighted by Crippen LogP contribution is 2.42. The Balaban J connectivity index is 1.55. The third-order valence-corrected chi connectivity index (χ3v) is 5.77. The predicted molar refractivity (Wildman–Crippen MR) is 115 cm³/mol. The Morgan fingerprint density at radius 2 is 2.00 bits per heavy atom. The normalized spacial score (nSPS) is 17.0. The van der Waals surface area contributed by atoms with Crippen molar-refractivity contribution < 1.29 is 22.7 Å². The molecule has 2 aromatic heterocycles. The van der Waals surface area contributed by atoms with Crippen molar-refractivity contribution in [1.82, 2.24) is 15.0 Å². The Labute approximate surface area is 187 Å². The van der Waals surface area contributed by atoms with Crippen molar-refractivity contribution in [2.24, 2.45) is 0 Å². The minimum Gasteiger partial charge on any atom is -0.481 e. The van der Waals surface area contributed by atoms with Gasteiger partial charge in [-0.05, 0) is 24.6 Å². The highest BCUT2D eigenvalue weighted by molar-refractivity contribution is 6.04. The smallest absolute Gasteiger partial charge is 0.417 e. The van der Waals surface area contributed by atoms with Crippen molar-refractivity contribution in [2.75, 3.05) is 35.3 Å². The molecule has 2 bridgehead atoms. The zero-order chi connectivity index (χ0) is 23.2. The third kappa shape index (κ3) is 3.79. The predicted octanol–water partition coefficient (Wildman–Crippen LogP) is 4.20. The van der Waals surface area contributed by atoms with Crippen LogP contribution in [0.1, 0.15) is 12.0 Å². The number of halogens is 3. The van der Waals surface area contributed by atoms with Gasteiger partial charge in [-0.2, -0.15) is 13.2 Å². The molecule has 0 spiro atoms. The molecule has 0 aliphatic carbocycles. The molecule has 2 aliphatic heterocycles. The Morgan fingerprint density at radius 1 is 1.18 bits per heavy atom. The van der Waals surface area contributed by atoms with Crippen LogP contribution in [0.4, 0.5) is 35.3 Å². The van der Waals surface area contributed by atoms with Gasteiger partial charge in [0.05, 0.1) is 30.1 Å². The summed E-state index contributed by atoms with van der Waals surface area (Å²) in [5.74, 6) is 0.847. The number of pyridine rings is 1. The van der Waals surface area contributed by atoms with E-state index in [2.05, 4.69) is 25.2 Å². The first-order chi connectivity index (χ1) is 15.8. The summed E-state index contributed by atoms with van der Waals surface area (Å²) in [6.45, 7) is 1.34. The Hall–Kier alpha value is -3.89. The van der Waals surface area contributed by atoms with E-state index in [1.165, 1.54) is 42.6 Å². The molecule has 1 N–H and O–H groups in total. The molecule has 8 nitrogen and oxygen atoms in total.